The summed E-state index contributed by atoms with van der Waals surface area (Å²) < 4.78 is 10.3. The third-order valence-electron chi connectivity index (χ3n) is 3.67. The minimum Gasteiger partial charge on any atom is -0.453 e. The Morgan fingerprint density at radius 2 is 1.84 bits per heavy atom. The summed E-state index contributed by atoms with van der Waals surface area (Å²) in [4.78, 5) is 26.9. The molecule has 2 amide bonds. The van der Waals surface area contributed by atoms with Crippen molar-refractivity contribution in [2.75, 3.05) is 39.8 Å². The molecular weight excluding hydrogens is 250 g/mol. The molecule has 2 rings (SSSR count). The van der Waals surface area contributed by atoms with Crippen LogP contribution in [0.4, 0.5) is 4.79 Å². The normalized spacial score (nSPS) is 27.5. The second-order valence-corrected chi connectivity index (χ2v) is 4.84. The summed E-state index contributed by atoms with van der Waals surface area (Å²) in [5.41, 5.74) is 5.53. The van der Waals surface area contributed by atoms with Gasteiger partial charge in [-0.2, -0.15) is 0 Å². The molecular formula is C12H21N3O4. The fourth-order valence-corrected chi connectivity index (χ4v) is 2.50. The van der Waals surface area contributed by atoms with E-state index in [0.717, 1.165) is 12.8 Å². The van der Waals surface area contributed by atoms with Crippen molar-refractivity contribution in [2.45, 2.75) is 25.0 Å². The summed E-state index contributed by atoms with van der Waals surface area (Å²) in [7, 11) is 1.36. The molecule has 0 aromatic rings. The van der Waals surface area contributed by atoms with Crippen molar-refractivity contribution >= 4 is 12.0 Å². The van der Waals surface area contributed by atoms with Crippen molar-refractivity contribution < 1.29 is 19.1 Å². The molecule has 0 aliphatic carbocycles. The van der Waals surface area contributed by atoms with Gasteiger partial charge in [0, 0.05) is 32.7 Å². The Morgan fingerprint density at radius 3 is 2.37 bits per heavy atom. The van der Waals surface area contributed by atoms with E-state index >= 15 is 0 Å². The Kier molecular flexibility index (Phi) is 4.60. The Hall–Kier alpha value is -1.34. The van der Waals surface area contributed by atoms with E-state index in [4.69, 9.17) is 10.5 Å². The number of nitrogens with two attached hydrogens (primary N) is 1. The number of rotatable bonds is 2. The van der Waals surface area contributed by atoms with Gasteiger partial charge in [0.25, 0.3) is 5.91 Å². The van der Waals surface area contributed by atoms with E-state index < -0.39 is 0 Å². The third-order valence-corrected chi connectivity index (χ3v) is 3.67. The van der Waals surface area contributed by atoms with Gasteiger partial charge < -0.3 is 25.0 Å². The molecule has 7 heteroatoms. The number of carbonyl (C=O) groups excluding carboxylic acids is 2. The summed E-state index contributed by atoms with van der Waals surface area (Å²) >= 11 is 0. The van der Waals surface area contributed by atoms with E-state index in [-0.39, 0.29) is 24.2 Å². The van der Waals surface area contributed by atoms with E-state index in [1.54, 1.807) is 9.80 Å². The zero-order valence-corrected chi connectivity index (χ0v) is 11.2. The molecule has 2 saturated heterocycles. The van der Waals surface area contributed by atoms with Crippen LogP contribution in [0, 0.1) is 0 Å². The average Bonchev–Trinajstić information content (AvgIpc) is 2.94. The Morgan fingerprint density at radius 1 is 1.21 bits per heavy atom. The molecule has 0 aromatic carbocycles. The van der Waals surface area contributed by atoms with Crippen molar-refractivity contribution in [3.63, 3.8) is 0 Å². The van der Waals surface area contributed by atoms with Gasteiger partial charge in [-0.05, 0) is 12.8 Å². The van der Waals surface area contributed by atoms with Crippen LogP contribution < -0.4 is 5.73 Å². The van der Waals surface area contributed by atoms with Gasteiger partial charge in [-0.3, -0.25) is 4.79 Å². The lowest BCUT2D eigenvalue weighted by molar-refractivity contribution is -0.144. The lowest BCUT2D eigenvalue weighted by atomic mass is 10.1. The van der Waals surface area contributed by atoms with E-state index in [2.05, 4.69) is 4.74 Å². The number of nitrogens with zero attached hydrogens (tertiary/aromatic N) is 2. The quantitative estimate of drug-likeness (QED) is 0.725. The Labute approximate surface area is 112 Å². The van der Waals surface area contributed by atoms with E-state index in [9.17, 15) is 9.59 Å². The van der Waals surface area contributed by atoms with Crippen LogP contribution in [0.25, 0.3) is 0 Å². The number of hydrogen-bond donors (Lipinski definition) is 1. The minimum atomic E-state index is -0.363. The molecule has 0 bridgehead atoms. The Bertz CT molecular complexity index is 342. The first-order valence-electron chi connectivity index (χ1n) is 6.63. The first kappa shape index (κ1) is 14.1. The van der Waals surface area contributed by atoms with Crippen molar-refractivity contribution in [3.8, 4) is 0 Å². The number of ether oxygens (including phenoxy) is 2. The minimum absolute atomic E-state index is 0.00492. The van der Waals surface area contributed by atoms with Crippen LogP contribution >= 0.6 is 0 Å². The predicted molar refractivity (Wildman–Crippen MR) is 67.5 cm³/mol. The van der Waals surface area contributed by atoms with Gasteiger partial charge in [0.15, 0.2) is 0 Å². The van der Waals surface area contributed by atoms with E-state index in [0.29, 0.717) is 32.7 Å². The number of hydrogen-bond acceptors (Lipinski definition) is 5. The largest absolute Gasteiger partial charge is 0.453 e. The molecule has 2 N–H and O–H groups in total. The zero-order valence-electron chi connectivity index (χ0n) is 11.2. The fraction of sp³-hybridized carbons (Fsp3) is 0.833. The molecule has 2 aliphatic heterocycles. The maximum Gasteiger partial charge on any atom is 0.409 e. The van der Waals surface area contributed by atoms with Gasteiger partial charge in [0.1, 0.15) is 6.10 Å². The molecule has 0 saturated carbocycles. The smallest absolute Gasteiger partial charge is 0.409 e. The van der Waals surface area contributed by atoms with Crippen molar-refractivity contribution in [1.82, 2.24) is 9.80 Å². The summed E-state index contributed by atoms with van der Waals surface area (Å²) in [5, 5.41) is 0. The third kappa shape index (κ3) is 3.16. The number of methoxy groups -OCH3 is 1. The van der Waals surface area contributed by atoms with Crippen LogP contribution in [0.2, 0.25) is 0 Å². The molecule has 2 unspecified atom stereocenters. The maximum absolute atomic E-state index is 12.2. The van der Waals surface area contributed by atoms with Crippen LogP contribution in [0.15, 0.2) is 0 Å². The second-order valence-electron chi connectivity index (χ2n) is 4.84. The topological polar surface area (TPSA) is 85.1 Å². The number of carbonyl (C=O) groups is 2. The van der Waals surface area contributed by atoms with E-state index in [1.165, 1.54) is 7.11 Å². The molecule has 7 nitrogen and oxygen atoms in total. The monoisotopic (exact) mass is 271 g/mol. The van der Waals surface area contributed by atoms with Crippen LogP contribution in [-0.4, -0.2) is 73.8 Å². The summed E-state index contributed by atoms with van der Waals surface area (Å²) in [6.45, 7) is 2.53. The highest BCUT2D eigenvalue weighted by molar-refractivity contribution is 5.81. The van der Waals surface area contributed by atoms with Gasteiger partial charge >= 0.3 is 6.09 Å². The van der Waals surface area contributed by atoms with Crippen LogP contribution in [0.1, 0.15) is 12.8 Å². The fourth-order valence-electron chi connectivity index (χ4n) is 2.50. The van der Waals surface area contributed by atoms with Crippen LogP contribution in [0.3, 0.4) is 0 Å². The van der Waals surface area contributed by atoms with Gasteiger partial charge in [-0.25, -0.2) is 4.79 Å². The lowest BCUT2D eigenvalue weighted by Gasteiger charge is -2.34. The number of amides is 2. The highest BCUT2D eigenvalue weighted by Crippen LogP contribution is 2.21. The van der Waals surface area contributed by atoms with E-state index in [1.807, 2.05) is 0 Å². The molecule has 108 valence electrons. The van der Waals surface area contributed by atoms with Crippen molar-refractivity contribution in [2.24, 2.45) is 5.73 Å². The summed E-state index contributed by atoms with van der Waals surface area (Å²) in [6.07, 6.45) is 0.878. The lowest BCUT2D eigenvalue weighted by Crippen LogP contribution is -2.52. The first-order valence-corrected chi connectivity index (χ1v) is 6.63. The Balaban J connectivity index is 1.81. The molecule has 2 heterocycles. The maximum atomic E-state index is 12.2. The van der Waals surface area contributed by atoms with Gasteiger partial charge in [-0.1, -0.05) is 0 Å². The average molecular weight is 271 g/mol. The van der Waals surface area contributed by atoms with Gasteiger partial charge in [0.05, 0.1) is 13.2 Å². The molecule has 0 aromatic heterocycles. The van der Waals surface area contributed by atoms with Gasteiger partial charge in [0.2, 0.25) is 0 Å². The second kappa shape index (κ2) is 6.21. The highest BCUT2D eigenvalue weighted by atomic mass is 16.5. The van der Waals surface area contributed by atoms with Crippen LogP contribution in [-0.2, 0) is 14.3 Å². The van der Waals surface area contributed by atoms with Crippen molar-refractivity contribution in [3.05, 3.63) is 0 Å². The zero-order chi connectivity index (χ0) is 13.8. The molecule has 0 radical (unpaired) electrons. The SMILES string of the molecule is COC(=O)N1CCN(C(=O)C2CCC(CN)O2)CC1. The van der Waals surface area contributed by atoms with Gasteiger partial charge in [-0.15, -0.1) is 0 Å². The molecule has 2 fully saturated rings. The summed E-state index contributed by atoms with van der Waals surface area (Å²) in [6, 6.07) is 0. The highest BCUT2D eigenvalue weighted by Gasteiger charge is 2.34. The van der Waals surface area contributed by atoms with Crippen LogP contribution in [0.5, 0.6) is 0 Å². The molecule has 0 spiro atoms. The summed E-state index contributed by atoms with van der Waals surface area (Å²) in [5.74, 6) is 0.0143. The number of piperazine rings is 1. The first-order chi connectivity index (χ1) is 9.15. The molecule has 2 aliphatic rings. The van der Waals surface area contributed by atoms with Crippen molar-refractivity contribution in [1.29, 1.82) is 0 Å². The molecule has 19 heavy (non-hydrogen) atoms. The molecule has 2 atom stereocenters. The predicted octanol–water partition coefficient (Wildman–Crippen LogP) is -0.597. The standard InChI is InChI=1S/C12H21N3O4/c1-18-12(17)15-6-4-14(5-7-15)11(16)10-3-2-9(8-13)19-10/h9-10H,2-8,13H2,1H3.